The van der Waals surface area contributed by atoms with Crippen LogP contribution in [0, 0.1) is 0 Å². The first kappa shape index (κ1) is 17.0. The number of thiocarbonyl (C=S) groups is 1. The van der Waals surface area contributed by atoms with Gasteiger partial charge in [0.05, 0.1) is 15.6 Å². The van der Waals surface area contributed by atoms with Crippen molar-refractivity contribution in [2.45, 2.75) is 4.90 Å². The lowest BCUT2D eigenvalue weighted by molar-refractivity contribution is 0.598. The number of anilines is 2. The molecule has 0 spiro atoms. The average molecular weight is 376 g/mol. The van der Waals surface area contributed by atoms with E-state index in [4.69, 9.17) is 40.6 Å². The second-order valence-corrected chi connectivity index (χ2v) is 7.09. The molecule has 0 aliphatic carbocycles. The molecule has 0 aliphatic rings. The van der Waals surface area contributed by atoms with E-state index >= 15 is 0 Å². The van der Waals surface area contributed by atoms with Crippen LogP contribution in [-0.2, 0) is 10.0 Å². The van der Waals surface area contributed by atoms with Crippen LogP contribution in [0.5, 0.6) is 0 Å². The number of hydrogen-bond donors (Lipinski definition) is 3. The smallest absolute Gasteiger partial charge is 0.238 e. The van der Waals surface area contributed by atoms with E-state index in [2.05, 4.69) is 10.6 Å². The molecule has 0 bridgehead atoms. The second kappa shape index (κ2) is 6.80. The second-order valence-electron chi connectivity index (χ2n) is 4.27. The molecule has 0 unspecified atom stereocenters. The van der Waals surface area contributed by atoms with Gasteiger partial charge in [-0.3, -0.25) is 0 Å². The van der Waals surface area contributed by atoms with Crippen molar-refractivity contribution in [1.29, 1.82) is 0 Å². The maximum atomic E-state index is 11.2. The Hall–Kier alpha value is -1.38. The predicted molar refractivity (Wildman–Crippen MR) is 94.1 cm³/mol. The van der Waals surface area contributed by atoms with Gasteiger partial charge in [0.2, 0.25) is 10.0 Å². The third kappa shape index (κ3) is 4.56. The number of hydrogen-bond acceptors (Lipinski definition) is 3. The summed E-state index contributed by atoms with van der Waals surface area (Å²) in [5.74, 6) is 0. The average Bonchev–Trinajstić information content (AvgIpc) is 2.42. The Kier molecular flexibility index (Phi) is 5.25. The van der Waals surface area contributed by atoms with Crippen molar-refractivity contribution in [2.24, 2.45) is 5.14 Å². The normalized spacial score (nSPS) is 11.0. The van der Waals surface area contributed by atoms with E-state index in [9.17, 15) is 8.42 Å². The van der Waals surface area contributed by atoms with Crippen molar-refractivity contribution in [3.05, 3.63) is 52.5 Å². The molecule has 2 rings (SSSR count). The summed E-state index contributed by atoms with van der Waals surface area (Å²) in [6, 6.07) is 10.8. The lowest BCUT2D eigenvalue weighted by Gasteiger charge is -2.12. The number of benzene rings is 2. The first-order chi connectivity index (χ1) is 10.3. The van der Waals surface area contributed by atoms with Crippen molar-refractivity contribution in [3.8, 4) is 0 Å². The van der Waals surface area contributed by atoms with Gasteiger partial charge in [0.25, 0.3) is 0 Å². The van der Waals surface area contributed by atoms with Crippen LogP contribution in [0.1, 0.15) is 0 Å². The van der Waals surface area contributed by atoms with E-state index < -0.39 is 10.0 Å². The Morgan fingerprint density at radius 3 is 2.27 bits per heavy atom. The molecule has 0 saturated carbocycles. The number of nitrogens with one attached hydrogen (secondary N) is 2. The van der Waals surface area contributed by atoms with Crippen molar-refractivity contribution < 1.29 is 8.42 Å². The molecule has 0 aromatic heterocycles. The summed E-state index contributed by atoms with van der Waals surface area (Å²) in [6.45, 7) is 0. The van der Waals surface area contributed by atoms with Gasteiger partial charge >= 0.3 is 0 Å². The van der Waals surface area contributed by atoms with Gasteiger partial charge in [-0.2, -0.15) is 0 Å². The zero-order valence-electron chi connectivity index (χ0n) is 11.0. The third-order valence-electron chi connectivity index (χ3n) is 2.62. The van der Waals surface area contributed by atoms with Crippen LogP contribution >= 0.6 is 35.4 Å². The van der Waals surface area contributed by atoms with E-state index in [1.54, 1.807) is 30.3 Å². The quantitative estimate of drug-likeness (QED) is 0.715. The van der Waals surface area contributed by atoms with Crippen molar-refractivity contribution in [1.82, 2.24) is 0 Å². The third-order valence-corrected chi connectivity index (χ3v) is 4.32. The molecule has 0 amide bonds. The van der Waals surface area contributed by atoms with Gasteiger partial charge in [0, 0.05) is 10.7 Å². The largest absolute Gasteiger partial charge is 0.332 e. The highest BCUT2D eigenvalue weighted by Gasteiger charge is 2.08. The van der Waals surface area contributed by atoms with Crippen molar-refractivity contribution >= 4 is 61.9 Å². The number of rotatable bonds is 3. The van der Waals surface area contributed by atoms with E-state index in [0.29, 0.717) is 21.4 Å². The number of halogens is 2. The topological polar surface area (TPSA) is 84.2 Å². The van der Waals surface area contributed by atoms with E-state index in [1.807, 2.05) is 0 Å². The molecule has 2 aromatic carbocycles. The molecule has 0 heterocycles. The van der Waals surface area contributed by atoms with Crippen molar-refractivity contribution in [3.63, 3.8) is 0 Å². The zero-order valence-corrected chi connectivity index (χ0v) is 14.2. The summed E-state index contributed by atoms with van der Waals surface area (Å²) >= 11 is 17.1. The van der Waals surface area contributed by atoms with Crippen LogP contribution in [0.3, 0.4) is 0 Å². The molecular weight excluding hydrogens is 365 g/mol. The monoisotopic (exact) mass is 375 g/mol. The van der Waals surface area contributed by atoms with Gasteiger partial charge in [-0.05, 0) is 54.7 Å². The minimum Gasteiger partial charge on any atom is -0.332 e. The molecular formula is C13H11Cl2N3O2S2. The lowest BCUT2D eigenvalue weighted by atomic mass is 10.3. The Morgan fingerprint density at radius 2 is 1.68 bits per heavy atom. The molecule has 0 aliphatic heterocycles. The lowest BCUT2D eigenvalue weighted by Crippen LogP contribution is -2.19. The minimum atomic E-state index is -3.72. The van der Waals surface area contributed by atoms with Crippen LogP contribution in [0.25, 0.3) is 0 Å². The first-order valence-electron chi connectivity index (χ1n) is 5.91. The fourth-order valence-electron chi connectivity index (χ4n) is 1.61. The zero-order chi connectivity index (χ0) is 16.3. The summed E-state index contributed by atoms with van der Waals surface area (Å²) < 4.78 is 22.3. The predicted octanol–water partition coefficient (Wildman–Crippen LogP) is 3.45. The highest BCUT2D eigenvalue weighted by molar-refractivity contribution is 7.89. The number of sulfonamides is 1. The summed E-state index contributed by atoms with van der Waals surface area (Å²) in [6.07, 6.45) is 0. The summed E-state index contributed by atoms with van der Waals surface area (Å²) in [5.41, 5.74) is 1.16. The Morgan fingerprint density at radius 1 is 1.05 bits per heavy atom. The maximum Gasteiger partial charge on any atom is 0.238 e. The summed E-state index contributed by atoms with van der Waals surface area (Å²) in [7, 11) is -3.72. The van der Waals surface area contributed by atoms with Gasteiger partial charge in [-0.15, -0.1) is 0 Å². The van der Waals surface area contributed by atoms with Gasteiger partial charge in [0.15, 0.2) is 5.11 Å². The van der Waals surface area contributed by atoms with Gasteiger partial charge in [-0.1, -0.05) is 23.2 Å². The van der Waals surface area contributed by atoms with E-state index in [-0.39, 0.29) is 10.0 Å². The molecule has 9 heteroatoms. The molecule has 4 N–H and O–H groups in total. The van der Waals surface area contributed by atoms with Crippen LogP contribution in [0.15, 0.2) is 47.4 Å². The van der Waals surface area contributed by atoms with E-state index in [1.165, 1.54) is 12.1 Å². The van der Waals surface area contributed by atoms with Gasteiger partial charge in [-0.25, -0.2) is 13.6 Å². The molecule has 0 fully saturated rings. The fraction of sp³-hybridized carbons (Fsp3) is 0. The summed E-state index contributed by atoms with van der Waals surface area (Å²) in [4.78, 5) is 0.0230. The van der Waals surface area contributed by atoms with Crippen LogP contribution in [0.4, 0.5) is 11.4 Å². The highest BCUT2D eigenvalue weighted by Crippen LogP contribution is 2.25. The number of nitrogens with two attached hydrogens (primary N) is 1. The molecule has 0 atom stereocenters. The molecule has 2 aromatic rings. The van der Waals surface area contributed by atoms with Crippen LogP contribution < -0.4 is 15.8 Å². The fourth-order valence-corrected chi connectivity index (χ4v) is 2.69. The highest BCUT2D eigenvalue weighted by atomic mass is 35.5. The van der Waals surface area contributed by atoms with E-state index in [0.717, 1.165) is 0 Å². The van der Waals surface area contributed by atoms with Gasteiger partial charge < -0.3 is 10.6 Å². The number of primary sulfonamides is 1. The maximum absolute atomic E-state index is 11.2. The molecule has 0 saturated heterocycles. The Labute approximate surface area is 143 Å². The van der Waals surface area contributed by atoms with Crippen LogP contribution in [-0.4, -0.2) is 13.5 Å². The SMILES string of the molecule is NS(=O)(=O)c1ccc(NC(=S)Nc2cc(Cl)ccc2Cl)cc1. The molecule has 5 nitrogen and oxygen atoms in total. The first-order valence-corrected chi connectivity index (χ1v) is 8.63. The molecule has 116 valence electrons. The van der Waals surface area contributed by atoms with Crippen LogP contribution in [0.2, 0.25) is 10.0 Å². The molecule has 0 radical (unpaired) electrons. The minimum absolute atomic E-state index is 0.0230. The Bertz CT molecular complexity index is 809. The standard InChI is InChI=1S/C13H11Cl2N3O2S2/c14-8-1-6-11(15)12(7-8)18-13(21)17-9-2-4-10(5-3-9)22(16,19)20/h1-7H,(H2,16,19,20)(H2,17,18,21). The molecule has 22 heavy (non-hydrogen) atoms. The van der Waals surface area contributed by atoms with Gasteiger partial charge in [0.1, 0.15) is 0 Å². The van der Waals surface area contributed by atoms with Crippen molar-refractivity contribution in [2.75, 3.05) is 10.6 Å². The summed E-state index contributed by atoms with van der Waals surface area (Å²) in [5, 5.41) is 12.1. The Balaban J connectivity index is 2.07.